The number of hydrogen-bond acceptors (Lipinski definition) is 4. The van der Waals surface area contributed by atoms with Crippen LogP contribution in [0, 0.1) is 10.1 Å². The Hall–Kier alpha value is -1.73. The molecule has 0 aliphatic carbocycles. The minimum absolute atomic E-state index is 0. The highest BCUT2D eigenvalue weighted by molar-refractivity contribution is 5.98. The number of rotatable bonds is 16. The third-order valence-corrected chi connectivity index (χ3v) is 8.21. The first-order chi connectivity index (χ1) is 17.4. The lowest BCUT2D eigenvalue weighted by atomic mass is 9.96. The molecule has 208 valence electrons. The molecule has 6 nitrogen and oxygen atoms in total. The quantitative estimate of drug-likeness (QED) is 0.137. The van der Waals surface area contributed by atoms with E-state index >= 15 is 0 Å². The van der Waals surface area contributed by atoms with E-state index in [1.165, 1.54) is 76.2 Å². The molecule has 0 fully saturated rings. The van der Waals surface area contributed by atoms with Gasteiger partial charge in [0.1, 0.15) is 6.54 Å². The highest BCUT2D eigenvalue weighted by Crippen LogP contribution is 2.39. The second-order valence-electron chi connectivity index (χ2n) is 10.9. The summed E-state index contributed by atoms with van der Waals surface area (Å²) < 4.78 is 2.34. The summed E-state index contributed by atoms with van der Waals surface area (Å²) in [6, 6.07) is 6.84. The Labute approximate surface area is 234 Å². The minimum Gasteiger partial charge on any atom is -1.00 e. The van der Waals surface area contributed by atoms with Crippen LogP contribution in [0.5, 0.6) is 0 Å². The van der Waals surface area contributed by atoms with E-state index in [-0.39, 0.29) is 27.6 Å². The summed E-state index contributed by atoms with van der Waals surface area (Å²) in [5.41, 5.74) is 2.55. The van der Waals surface area contributed by atoms with Gasteiger partial charge in [-0.15, -0.1) is 0 Å². The van der Waals surface area contributed by atoms with Crippen LogP contribution >= 0.6 is 0 Å². The maximum Gasteiger partial charge on any atom is 0.277 e. The SMILES string of the molecule is CCCCCCCCCCCCCCC1(O)C(C)=C(C)C2=[N+](Cc3ccc([N+](=O)[O-])cc3)CCCN21.[Br-]. The molecule has 0 saturated heterocycles. The van der Waals surface area contributed by atoms with Gasteiger partial charge in [0.2, 0.25) is 5.72 Å². The summed E-state index contributed by atoms with van der Waals surface area (Å²) in [6.45, 7) is 8.99. The second kappa shape index (κ2) is 15.6. The number of unbranched alkanes of at least 4 members (excludes halogenated alkanes) is 11. The van der Waals surface area contributed by atoms with Crippen LogP contribution in [0.15, 0.2) is 35.4 Å². The average molecular weight is 579 g/mol. The van der Waals surface area contributed by atoms with E-state index in [0.717, 1.165) is 49.3 Å². The fourth-order valence-corrected chi connectivity index (χ4v) is 5.90. The Morgan fingerprint density at radius 2 is 1.49 bits per heavy atom. The van der Waals surface area contributed by atoms with E-state index in [1.54, 1.807) is 12.1 Å². The van der Waals surface area contributed by atoms with Crippen LogP contribution in [0.4, 0.5) is 5.69 Å². The number of aliphatic hydroxyl groups is 1. The van der Waals surface area contributed by atoms with Gasteiger partial charge < -0.3 is 22.1 Å². The molecule has 0 amide bonds. The van der Waals surface area contributed by atoms with E-state index in [9.17, 15) is 15.2 Å². The van der Waals surface area contributed by atoms with E-state index in [4.69, 9.17) is 0 Å². The van der Waals surface area contributed by atoms with Crippen molar-refractivity contribution < 1.29 is 31.6 Å². The molecule has 2 aliphatic heterocycles. The maximum atomic E-state index is 11.8. The highest BCUT2D eigenvalue weighted by Gasteiger charge is 2.53. The standard InChI is InChI=1S/C30H48N3O3.BrH/c1-4-5-6-7-8-9-10-11-12-13-14-15-21-30(34)26(3)25(2)29-31(22-16-23-32(29)30)24-27-17-19-28(20-18-27)33(35)36;/h17-20,34H,4-16,21-24H2,1-3H3;1H/q+1;/p-1. The summed E-state index contributed by atoms with van der Waals surface area (Å²) in [6.07, 6.45) is 17.6. The molecule has 1 atom stereocenters. The zero-order valence-electron chi connectivity index (χ0n) is 23.3. The zero-order valence-corrected chi connectivity index (χ0v) is 24.9. The number of nitro benzene ring substituents is 1. The van der Waals surface area contributed by atoms with Crippen molar-refractivity contribution in [2.45, 2.75) is 123 Å². The van der Waals surface area contributed by atoms with Crippen LogP contribution in [0.3, 0.4) is 0 Å². The van der Waals surface area contributed by atoms with Gasteiger partial charge in [0, 0.05) is 36.1 Å². The molecule has 2 aliphatic rings. The van der Waals surface area contributed by atoms with Crippen molar-refractivity contribution in [2.75, 3.05) is 13.1 Å². The van der Waals surface area contributed by atoms with Crippen LogP contribution in [-0.4, -0.2) is 44.2 Å². The third-order valence-electron chi connectivity index (χ3n) is 8.21. The smallest absolute Gasteiger partial charge is 0.277 e. The van der Waals surface area contributed by atoms with Crippen molar-refractivity contribution in [1.82, 2.24) is 4.90 Å². The molecular formula is C30H48BrN3O3. The molecule has 2 heterocycles. The molecule has 0 radical (unpaired) electrons. The fraction of sp³-hybridized carbons (Fsp3) is 0.700. The van der Waals surface area contributed by atoms with Gasteiger partial charge >= 0.3 is 0 Å². The first-order valence-electron chi connectivity index (χ1n) is 14.4. The first kappa shape index (κ1) is 31.5. The largest absolute Gasteiger partial charge is 1.00 e. The average Bonchev–Trinajstić information content (AvgIpc) is 3.07. The zero-order chi connectivity index (χ0) is 26.0. The Morgan fingerprint density at radius 1 is 0.946 bits per heavy atom. The number of fused-ring (bicyclic) bond motifs is 1. The second-order valence-corrected chi connectivity index (χ2v) is 10.9. The number of halogens is 1. The maximum absolute atomic E-state index is 11.8. The van der Waals surface area contributed by atoms with E-state index < -0.39 is 5.72 Å². The summed E-state index contributed by atoms with van der Waals surface area (Å²) in [5, 5.41) is 22.8. The predicted octanol–water partition coefficient (Wildman–Crippen LogP) is 4.35. The lowest BCUT2D eigenvalue weighted by Gasteiger charge is -2.34. The van der Waals surface area contributed by atoms with Gasteiger partial charge in [0.15, 0.2) is 0 Å². The van der Waals surface area contributed by atoms with Crippen molar-refractivity contribution in [3.05, 3.63) is 51.1 Å². The molecule has 1 unspecified atom stereocenters. The Bertz CT molecular complexity index is 929. The first-order valence-corrected chi connectivity index (χ1v) is 14.4. The summed E-state index contributed by atoms with van der Waals surface area (Å²) in [7, 11) is 0. The number of nitro groups is 1. The summed E-state index contributed by atoms with van der Waals surface area (Å²) >= 11 is 0. The van der Waals surface area contributed by atoms with Crippen LogP contribution in [0.2, 0.25) is 0 Å². The number of non-ortho nitro benzene ring substituents is 1. The Kier molecular flexibility index (Phi) is 13.3. The Morgan fingerprint density at radius 3 is 2.03 bits per heavy atom. The molecular weight excluding hydrogens is 530 g/mol. The van der Waals surface area contributed by atoms with Gasteiger partial charge in [-0.2, -0.15) is 0 Å². The molecule has 7 heteroatoms. The van der Waals surface area contributed by atoms with Crippen molar-refractivity contribution in [2.24, 2.45) is 0 Å². The molecule has 0 aromatic heterocycles. The van der Waals surface area contributed by atoms with Crippen molar-refractivity contribution in [3.8, 4) is 0 Å². The monoisotopic (exact) mass is 577 g/mol. The summed E-state index contributed by atoms with van der Waals surface area (Å²) in [4.78, 5) is 12.8. The van der Waals surface area contributed by atoms with Crippen LogP contribution in [0.25, 0.3) is 0 Å². The number of amidine groups is 1. The van der Waals surface area contributed by atoms with Crippen LogP contribution in [-0.2, 0) is 6.54 Å². The van der Waals surface area contributed by atoms with Crippen LogP contribution < -0.4 is 17.0 Å². The van der Waals surface area contributed by atoms with Gasteiger partial charge in [-0.05, 0) is 38.0 Å². The van der Waals surface area contributed by atoms with E-state index in [0.29, 0.717) is 6.54 Å². The topological polar surface area (TPSA) is 69.6 Å². The minimum atomic E-state index is -0.883. The van der Waals surface area contributed by atoms with Gasteiger partial charge in [-0.1, -0.05) is 77.6 Å². The predicted molar refractivity (Wildman–Crippen MR) is 147 cm³/mol. The number of hydrogen-bond donors (Lipinski definition) is 1. The Balaban J connectivity index is 0.00000481. The van der Waals surface area contributed by atoms with Gasteiger partial charge in [0.05, 0.1) is 18.0 Å². The normalized spacial score (nSPS) is 19.3. The van der Waals surface area contributed by atoms with Gasteiger partial charge in [-0.25, -0.2) is 4.90 Å². The molecule has 0 spiro atoms. The molecule has 1 N–H and O–H groups in total. The molecule has 37 heavy (non-hydrogen) atoms. The van der Waals surface area contributed by atoms with E-state index in [1.807, 2.05) is 12.1 Å². The van der Waals surface area contributed by atoms with Crippen molar-refractivity contribution >= 4 is 11.5 Å². The van der Waals surface area contributed by atoms with Crippen molar-refractivity contribution in [3.63, 3.8) is 0 Å². The highest BCUT2D eigenvalue weighted by atomic mass is 79.9. The third kappa shape index (κ3) is 8.38. The van der Waals surface area contributed by atoms with Gasteiger partial charge in [-0.3, -0.25) is 14.7 Å². The summed E-state index contributed by atoms with van der Waals surface area (Å²) in [5.74, 6) is 1.14. The molecule has 1 aromatic carbocycles. The lowest BCUT2D eigenvalue weighted by Crippen LogP contribution is -3.00. The lowest BCUT2D eigenvalue weighted by molar-refractivity contribution is -0.554. The number of benzene rings is 1. The molecule has 3 rings (SSSR count). The number of nitrogens with zero attached hydrogens (tertiary/aromatic N) is 3. The fourth-order valence-electron chi connectivity index (χ4n) is 5.90. The van der Waals surface area contributed by atoms with Crippen molar-refractivity contribution in [1.29, 1.82) is 0 Å². The molecule has 0 bridgehead atoms. The van der Waals surface area contributed by atoms with Crippen LogP contribution in [0.1, 0.15) is 116 Å². The van der Waals surface area contributed by atoms with E-state index in [2.05, 4.69) is 30.2 Å². The molecule has 0 saturated carbocycles. The molecule has 1 aromatic rings. The van der Waals surface area contributed by atoms with Gasteiger partial charge in [0.25, 0.3) is 11.5 Å².